The van der Waals surface area contributed by atoms with E-state index in [1.807, 2.05) is 0 Å². The van der Waals surface area contributed by atoms with Crippen LogP contribution in [0.1, 0.15) is 22.8 Å². The summed E-state index contributed by atoms with van der Waals surface area (Å²) >= 11 is 12.0. The largest absolute Gasteiger partial charge is 0.505 e. The lowest BCUT2D eigenvalue weighted by Gasteiger charge is -2.14. The molecule has 0 spiro atoms. The van der Waals surface area contributed by atoms with E-state index in [9.17, 15) is 22.9 Å². The summed E-state index contributed by atoms with van der Waals surface area (Å²) in [6.45, 7) is 3.76. The van der Waals surface area contributed by atoms with Gasteiger partial charge < -0.3 is 15.2 Å². The summed E-state index contributed by atoms with van der Waals surface area (Å²) in [4.78, 5) is 12.7. The lowest BCUT2D eigenvalue weighted by molar-refractivity contribution is 0.102. The number of hydrogen-bond donors (Lipinski definition) is 3. The topological polar surface area (TPSA) is 138 Å². The van der Waals surface area contributed by atoms with Gasteiger partial charge in [-0.1, -0.05) is 47.5 Å². The van der Waals surface area contributed by atoms with E-state index in [2.05, 4.69) is 15.5 Å². The third-order valence-corrected chi connectivity index (χ3v) is 7.07. The average Bonchev–Trinajstić information content (AvgIpc) is 2.85. The maximum atomic E-state index is 13.3. The maximum absolute atomic E-state index is 13.3. The summed E-state index contributed by atoms with van der Waals surface area (Å²) in [6.07, 6.45) is 0. The van der Waals surface area contributed by atoms with Crippen LogP contribution in [-0.4, -0.2) is 30.6 Å². The SMILES string of the molecule is CCOc1cc(Cl)ccc1NC(=O)c1cc2ccccc2c(N=Nc2cc(S(=O)(=O)O)c(Cl)cc2C)c1O. The molecule has 4 aromatic rings. The molecular formula is C26H21Cl2N3O6S. The number of phenols is 1. The number of fused-ring (bicyclic) bond motifs is 1. The number of nitrogens with zero attached hydrogens (tertiary/aromatic N) is 2. The van der Waals surface area contributed by atoms with Crippen molar-refractivity contribution in [3.63, 3.8) is 0 Å². The van der Waals surface area contributed by atoms with Gasteiger partial charge in [-0.25, -0.2) is 0 Å². The number of azo groups is 1. The molecule has 38 heavy (non-hydrogen) atoms. The fraction of sp³-hybridized carbons (Fsp3) is 0.115. The molecule has 1 amide bonds. The standard InChI is InChI=1S/C26H21Cl2N3O6S/c1-3-37-22-12-16(27)8-9-20(22)29-26(33)18-11-15-6-4-5-7-17(15)24(25(18)32)31-30-21-13-23(38(34,35)36)19(28)10-14(21)2/h4-13,32H,3H2,1-2H3,(H,29,33)(H,34,35,36). The molecule has 0 atom stereocenters. The van der Waals surface area contributed by atoms with Crippen molar-refractivity contribution >= 4 is 67.1 Å². The summed E-state index contributed by atoms with van der Waals surface area (Å²) < 4.78 is 38.4. The van der Waals surface area contributed by atoms with Gasteiger partial charge in [-0.3, -0.25) is 9.35 Å². The highest BCUT2D eigenvalue weighted by Gasteiger charge is 2.21. The molecule has 0 aliphatic carbocycles. The lowest BCUT2D eigenvalue weighted by Crippen LogP contribution is -2.13. The molecule has 4 rings (SSSR count). The van der Waals surface area contributed by atoms with Crippen molar-refractivity contribution in [1.82, 2.24) is 0 Å². The second-order valence-electron chi connectivity index (χ2n) is 8.11. The molecular weight excluding hydrogens is 553 g/mol. The zero-order valence-electron chi connectivity index (χ0n) is 20.1. The Kier molecular flexibility index (Phi) is 7.89. The van der Waals surface area contributed by atoms with Gasteiger partial charge in [0.05, 0.1) is 28.6 Å². The van der Waals surface area contributed by atoms with Crippen molar-refractivity contribution in [2.45, 2.75) is 18.7 Å². The second-order valence-corrected chi connectivity index (χ2v) is 10.3. The molecule has 0 heterocycles. The molecule has 0 radical (unpaired) electrons. The highest BCUT2D eigenvalue weighted by molar-refractivity contribution is 7.86. The van der Waals surface area contributed by atoms with Crippen LogP contribution in [-0.2, 0) is 10.1 Å². The summed E-state index contributed by atoms with van der Waals surface area (Å²) in [5, 5.41) is 23.4. The minimum absolute atomic E-state index is 0.0165. The molecule has 0 saturated heterocycles. The monoisotopic (exact) mass is 573 g/mol. The molecule has 0 bridgehead atoms. The Bertz CT molecular complexity index is 1710. The Morgan fingerprint density at radius 1 is 1.05 bits per heavy atom. The van der Waals surface area contributed by atoms with E-state index < -0.39 is 26.7 Å². The number of carbonyl (C=O) groups excluding carboxylic acids is 1. The normalized spacial score (nSPS) is 11.7. The molecule has 0 aliphatic heterocycles. The number of rotatable bonds is 7. The van der Waals surface area contributed by atoms with Crippen molar-refractivity contribution in [3.05, 3.63) is 81.8 Å². The first-order valence-corrected chi connectivity index (χ1v) is 13.4. The van der Waals surface area contributed by atoms with E-state index in [0.717, 1.165) is 6.07 Å². The van der Waals surface area contributed by atoms with Crippen molar-refractivity contribution < 1.29 is 27.6 Å². The number of benzene rings is 4. The first kappa shape index (κ1) is 27.3. The van der Waals surface area contributed by atoms with Gasteiger partial charge in [-0.2, -0.15) is 13.5 Å². The Morgan fingerprint density at radius 2 is 1.79 bits per heavy atom. The Labute approximate surface area is 228 Å². The number of nitrogens with one attached hydrogen (secondary N) is 1. The maximum Gasteiger partial charge on any atom is 0.296 e. The second kappa shape index (κ2) is 11.0. The summed E-state index contributed by atoms with van der Waals surface area (Å²) in [7, 11) is -4.61. The van der Waals surface area contributed by atoms with Gasteiger partial charge in [0.1, 0.15) is 16.3 Å². The van der Waals surface area contributed by atoms with Gasteiger partial charge in [0.2, 0.25) is 0 Å². The number of phenolic OH excluding ortho intramolecular Hbond substituents is 1. The van der Waals surface area contributed by atoms with Crippen LogP contribution < -0.4 is 10.1 Å². The van der Waals surface area contributed by atoms with Crippen LogP contribution in [0, 0.1) is 6.92 Å². The molecule has 0 aliphatic rings. The number of anilines is 1. The third kappa shape index (κ3) is 5.73. The Morgan fingerprint density at radius 3 is 2.50 bits per heavy atom. The smallest absolute Gasteiger partial charge is 0.296 e. The lowest BCUT2D eigenvalue weighted by atomic mass is 10.0. The van der Waals surface area contributed by atoms with Crippen LogP contribution in [0.5, 0.6) is 11.5 Å². The van der Waals surface area contributed by atoms with Crippen molar-refractivity contribution in [3.8, 4) is 11.5 Å². The molecule has 0 unspecified atom stereocenters. The molecule has 9 nitrogen and oxygen atoms in total. The highest BCUT2D eigenvalue weighted by Crippen LogP contribution is 2.41. The number of carbonyl (C=O) groups is 1. The molecule has 4 aromatic carbocycles. The third-order valence-electron chi connectivity index (χ3n) is 5.52. The van der Waals surface area contributed by atoms with Crippen LogP contribution in [0.15, 0.2) is 75.8 Å². The first-order valence-electron chi connectivity index (χ1n) is 11.2. The van der Waals surface area contributed by atoms with Crippen LogP contribution in [0.2, 0.25) is 10.0 Å². The molecule has 196 valence electrons. The van der Waals surface area contributed by atoms with Gasteiger partial charge in [-0.15, -0.1) is 5.11 Å². The molecule has 3 N–H and O–H groups in total. The van der Waals surface area contributed by atoms with Gasteiger partial charge in [0.15, 0.2) is 5.75 Å². The van der Waals surface area contributed by atoms with E-state index in [1.54, 1.807) is 56.3 Å². The quantitative estimate of drug-likeness (QED) is 0.155. The summed E-state index contributed by atoms with van der Waals surface area (Å²) in [5.41, 5.74) is 0.808. The van der Waals surface area contributed by atoms with Gasteiger partial charge in [0.25, 0.3) is 16.0 Å². The number of aromatic hydroxyl groups is 1. The zero-order valence-corrected chi connectivity index (χ0v) is 22.4. The predicted octanol–water partition coefficient (Wildman–Crippen LogP) is 7.47. The van der Waals surface area contributed by atoms with E-state index in [1.165, 1.54) is 12.1 Å². The zero-order chi connectivity index (χ0) is 27.6. The molecule has 0 aromatic heterocycles. The molecule has 0 saturated carbocycles. The van der Waals surface area contributed by atoms with Gasteiger partial charge >= 0.3 is 0 Å². The van der Waals surface area contributed by atoms with Gasteiger partial charge in [0, 0.05) is 16.5 Å². The number of halogens is 2. The highest BCUT2D eigenvalue weighted by atomic mass is 35.5. The fourth-order valence-electron chi connectivity index (χ4n) is 3.71. The van der Waals surface area contributed by atoms with Crippen LogP contribution in [0.25, 0.3) is 10.8 Å². The number of hydrogen-bond acceptors (Lipinski definition) is 7. The number of amides is 1. The Hall–Kier alpha value is -3.70. The minimum atomic E-state index is -4.61. The Balaban J connectivity index is 1.80. The van der Waals surface area contributed by atoms with Crippen molar-refractivity contribution in [1.29, 1.82) is 0 Å². The summed E-state index contributed by atoms with van der Waals surface area (Å²) in [6, 6.07) is 15.6. The number of aryl methyl sites for hydroxylation is 1. The van der Waals surface area contributed by atoms with Crippen molar-refractivity contribution in [2.24, 2.45) is 10.2 Å². The van der Waals surface area contributed by atoms with Crippen LogP contribution in [0.4, 0.5) is 17.1 Å². The van der Waals surface area contributed by atoms with E-state index in [-0.39, 0.29) is 22.0 Å². The predicted molar refractivity (Wildman–Crippen MR) is 146 cm³/mol. The van der Waals surface area contributed by atoms with Crippen LogP contribution in [0.3, 0.4) is 0 Å². The van der Waals surface area contributed by atoms with E-state index in [0.29, 0.717) is 39.4 Å². The number of ether oxygens (including phenoxy) is 1. The van der Waals surface area contributed by atoms with Crippen molar-refractivity contribution in [2.75, 3.05) is 11.9 Å². The average molecular weight is 574 g/mol. The van der Waals surface area contributed by atoms with E-state index in [4.69, 9.17) is 27.9 Å². The molecule has 0 fully saturated rings. The first-order chi connectivity index (χ1) is 18.0. The van der Waals surface area contributed by atoms with Gasteiger partial charge in [-0.05, 0) is 55.1 Å². The summed E-state index contributed by atoms with van der Waals surface area (Å²) in [5.74, 6) is -0.718. The molecule has 12 heteroatoms. The fourth-order valence-corrected chi connectivity index (χ4v) is 4.95. The minimum Gasteiger partial charge on any atom is -0.505 e. The van der Waals surface area contributed by atoms with E-state index >= 15 is 0 Å². The van der Waals surface area contributed by atoms with Crippen LogP contribution >= 0.6 is 23.2 Å².